The first-order valence-corrected chi connectivity index (χ1v) is 12.6. The molecule has 1 N–H and O–H groups in total. The summed E-state index contributed by atoms with van der Waals surface area (Å²) in [6.45, 7) is 1.58. The number of carbonyl (C=O) groups excluding carboxylic acids is 1. The van der Waals surface area contributed by atoms with Gasteiger partial charge in [-0.15, -0.1) is 0 Å². The maximum absolute atomic E-state index is 12.8. The van der Waals surface area contributed by atoms with Crippen LogP contribution in [0, 0.1) is 0 Å². The molecule has 10 heteroatoms. The van der Waals surface area contributed by atoms with Crippen LogP contribution in [0.5, 0.6) is 0 Å². The Kier molecular flexibility index (Phi) is 6.98. The first kappa shape index (κ1) is 25.2. The standard InChI is InChI=1S/C26H22F3N3O3S/c1-2-36(34,35)24-13-3-18(4-14-24)15-25(33)31-22-9-5-19(6-10-22)20-16-30-32(17-20)23-11-7-21(8-12-23)26(27,28)29/h3-14,16-17H,2,15H2,1H3,(H,31,33). The molecule has 186 valence electrons. The molecule has 0 aliphatic carbocycles. The highest BCUT2D eigenvalue weighted by molar-refractivity contribution is 7.91. The van der Waals surface area contributed by atoms with Gasteiger partial charge in [0.05, 0.1) is 34.5 Å². The Morgan fingerprint density at radius 2 is 1.56 bits per heavy atom. The number of rotatable bonds is 7. The summed E-state index contributed by atoms with van der Waals surface area (Å²) < 4.78 is 63.6. The number of amides is 1. The number of halogens is 3. The summed E-state index contributed by atoms with van der Waals surface area (Å²) in [5, 5.41) is 7.03. The molecule has 0 bridgehead atoms. The molecular weight excluding hydrogens is 491 g/mol. The van der Waals surface area contributed by atoms with Gasteiger partial charge in [-0.1, -0.05) is 31.2 Å². The van der Waals surface area contributed by atoms with Crippen molar-refractivity contribution in [1.29, 1.82) is 0 Å². The van der Waals surface area contributed by atoms with E-state index in [2.05, 4.69) is 10.4 Å². The number of sulfone groups is 1. The predicted molar refractivity (Wildman–Crippen MR) is 131 cm³/mol. The van der Waals surface area contributed by atoms with Gasteiger partial charge in [0.1, 0.15) is 0 Å². The van der Waals surface area contributed by atoms with E-state index in [4.69, 9.17) is 0 Å². The average Bonchev–Trinajstić information content (AvgIpc) is 3.35. The Balaban J connectivity index is 1.38. The third kappa shape index (κ3) is 5.83. The number of hydrogen-bond donors (Lipinski definition) is 1. The average molecular weight is 514 g/mol. The van der Waals surface area contributed by atoms with Gasteiger partial charge in [0.2, 0.25) is 5.91 Å². The first-order valence-electron chi connectivity index (χ1n) is 11.0. The van der Waals surface area contributed by atoms with Gasteiger partial charge in [0, 0.05) is 17.4 Å². The molecule has 4 rings (SSSR count). The van der Waals surface area contributed by atoms with E-state index in [-0.39, 0.29) is 23.0 Å². The van der Waals surface area contributed by atoms with Crippen molar-refractivity contribution in [3.8, 4) is 16.8 Å². The Hall–Kier alpha value is -3.92. The topological polar surface area (TPSA) is 81.1 Å². The number of aromatic nitrogens is 2. The normalized spacial score (nSPS) is 11.9. The molecule has 0 saturated heterocycles. The molecule has 36 heavy (non-hydrogen) atoms. The summed E-state index contributed by atoms with van der Waals surface area (Å²) >= 11 is 0. The van der Waals surface area contributed by atoms with Gasteiger partial charge in [0.25, 0.3) is 0 Å². The molecular formula is C26H22F3N3O3S. The van der Waals surface area contributed by atoms with E-state index >= 15 is 0 Å². The number of hydrogen-bond acceptors (Lipinski definition) is 4. The van der Waals surface area contributed by atoms with Gasteiger partial charge in [-0.25, -0.2) is 13.1 Å². The van der Waals surface area contributed by atoms with Crippen LogP contribution >= 0.6 is 0 Å². The molecule has 0 fully saturated rings. The SMILES string of the molecule is CCS(=O)(=O)c1ccc(CC(=O)Nc2ccc(-c3cnn(-c4ccc(C(F)(F)F)cc4)c3)cc2)cc1. The summed E-state index contributed by atoms with van der Waals surface area (Å²) in [6, 6.07) is 18.1. The van der Waals surface area contributed by atoms with Crippen LogP contribution in [0.25, 0.3) is 16.8 Å². The lowest BCUT2D eigenvalue weighted by Gasteiger charge is -2.08. The van der Waals surface area contributed by atoms with Crippen LogP contribution < -0.4 is 5.32 Å². The van der Waals surface area contributed by atoms with Gasteiger partial charge in [0.15, 0.2) is 9.84 Å². The number of anilines is 1. The minimum absolute atomic E-state index is 0.0126. The molecule has 0 radical (unpaired) electrons. The molecule has 6 nitrogen and oxygen atoms in total. The lowest BCUT2D eigenvalue weighted by molar-refractivity contribution is -0.137. The van der Waals surface area contributed by atoms with Crippen LogP contribution in [-0.2, 0) is 27.2 Å². The maximum Gasteiger partial charge on any atom is 0.416 e. The van der Waals surface area contributed by atoms with Crippen molar-refractivity contribution < 1.29 is 26.4 Å². The smallest absolute Gasteiger partial charge is 0.326 e. The van der Waals surface area contributed by atoms with Crippen molar-refractivity contribution >= 4 is 21.4 Å². The summed E-state index contributed by atoms with van der Waals surface area (Å²) in [4.78, 5) is 12.6. The van der Waals surface area contributed by atoms with Crippen molar-refractivity contribution in [1.82, 2.24) is 9.78 Å². The molecule has 4 aromatic rings. The predicted octanol–water partition coefficient (Wildman–Crippen LogP) is 5.53. The van der Waals surface area contributed by atoms with Gasteiger partial charge in [-0.3, -0.25) is 4.79 Å². The third-order valence-electron chi connectivity index (χ3n) is 5.57. The molecule has 0 unspecified atom stereocenters. The second kappa shape index (κ2) is 9.98. The largest absolute Gasteiger partial charge is 0.416 e. The zero-order valence-electron chi connectivity index (χ0n) is 19.2. The van der Waals surface area contributed by atoms with Crippen molar-refractivity contribution in [2.45, 2.75) is 24.4 Å². The summed E-state index contributed by atoms with van der Waals surface area (Å²) in [5.41, 5.74) is 2.63. The fourth-order valence-electron chi connectivity index (χ4n) is 3.53. The highest BCUT2D eigenvalue weighted by atomic mass is 32.2. The van der Waals surface area contributed by atoms with Crippen LogP contribution in [0.15, 0.2) is 90.1 Å². The monoisotopic (exact) mass is 513 g/mol. The lowest BCUT2D eigenvalue weighted by Crippen LogP contribution is -2.14. The summed E-state index contributed by atoms with van der Waals surface area (Å²) in [7, 11) is -3.29. The Labute approximate surface area is 206 Å². The fourth-order valence-corrected chi connectivity index (χ4v) is 4.42. The molecule has 0 saturated carbocycles. The van der Waals surface area contributed by atoms with Gasteiger partial charge < -0.3 is 5.32 Å². The number of carbonyl (C=O) groups is 1. The van der Waals surface area contributed by atoms with Gasteiger partial charge >= 0.3 is 6.18 Å². The van der Waals surface area contributed by atoms with E-state index in [1.54, 1.807) is 55.7 Å². The van der Waals surface area contributed by atoms with Crippen LogP contribution in [0.2, 0.25) is 0 Å². The van der Waals surface area contributed by atoms with Crippen LogP contribution in [0.3, 0.4) is 0 Å². The lowest BCUT2D eigenvalue weighted by atomic mass is 10.1. The Morgan fingerprint density at radius 3 is 2.14 bits per heavy atom. The van der Waals surface area contributed by atoms with Crippen molar-refractivity contribution in [3.63, 3.8) is 0 Å². The van der Waals surface area contributed by atoms with Crippen LogP contribution in [-0.4, -0.2) is 29.9 Å². The van der Waals surface area contributed by atoms with E-state index in [0.717, 1.165) is 23.3 Å². The van der Waals surface area contributed by atoms with Gasteiger partial charge in [-0.2, -0.15) is 18.3 Å². The van der Waals surface area contributed by atoms with Crippen molar-refractivity contribution in [3.05, 3.63) is 96.3 Å². The second-order valence-electron chi connectivity index (χ2n) is 8.07. The van der Waals surface area contributed by atoms with Crippen LogP contribution in [0.1, 0.15) is 18.1 Å². The summed E-state index contributed by atoms with van der Waals surface area (Å²) in [5.74, 6) is -0.234. The molecule has 0 aliphatic rings. The van der Waals surface area contributed by atoms with Crippen molar-refractivity contribution in [2.24, 2.45) is 0 Å². The highest BCUT2D eigenvalue weighted by Gasteiger charge is 2.30. The van der Waals surface area contributed by atoms with E-state index in [1.807, 2.05) is 0 Å². The number of nitrogens with zero attached hydrogens (tertiary/aromatic N) is 2. The maximum atomic E-state index is 12.8. The van der Waals surface area contributed by atoms with E-state index < -0.39 is 21.6 Å². The highest BCUT2D eigenvalue weighted by Crippen LogP contribution is 2.30. The number of benzene rings is 3. The second-order valence-corrected chi connectivity index (χ2v) is 10.3. The molecule has 1 heterocycles. The minimum atomic E-state index is -4.40. The summed E-state index contributed by atoms with van der Waals surface area (Å²) in [6.07, 6.45) is -0.992. The van der Waals surface area contributed by atoms with Crippen LogP contribution in [0.4, 0.5) is 18.9 Å². The van der Waals surface area contributed by atoms with Crippen molar-refractivity contribution in [2.75, 3.05) is 11.1 Å². The fraction of sp³-hybridized carbons (Fsp3) is 0.154. The number of alkyl halides is 3. The molecule has 0 aliphatic heterocycles. The Bertz CT molecular complexity index is 1460. The van der Waals surface area contributed by atoms with E-state index in [1.165, 1.54) is 28.9 Å². The molecule has 0 spiro atoms. The minimum Gasteiger partial charge on any atom is -0.326 e. The molecule has 1 aromatic heterocycles. The van der Waals surface area contributed by atoms with E-state index in [9.17, 15) is 26.4 Å². The zero-order chi connectivity index (χ0) is 25.9. The van der Waals surface area contributed by atoms with Gasteiger partial charge in [-0.05, 0) is 59.7 Å². The third-order valence-corrected chi connectivity index (χ3v) is 7.32. The zero-order valence-corrected chi connectivity index (χ0v) is 20.0. The number of nitrogens with one attached hydrogen (secondary N) is 1. The quantitative estimate of drug-likeness (QED) is 0.352. The first-order chi connectivity index (χ1) is 17.0. The molecule has 3 aromatic carbocycles. The van der Waals surface area contributed by atoms with E-state index in [0.29, 0.717) is 16.9 Å². The Morgan fingerprint density at radius 1 is 0.917 bits per heavy atom. The molecule has 1 amide bonds. The molecule has 0 atom stereocenters.